The number of hydrogen-bond acceptors (Lipinski definition) is 6. The minimum absolute atomic E-state index is 0.498. The Balaban J connectivity index is 1.72. The van der Waals surface area contributed by atoms with E-state index in [2.05, 4.69) is 30.7 Å². The molecule has 4 rings (SSSR count). The molecule has 0 amide bonds. The van der Waals surface area contributed by atoms with Crippen LogP contribution in [0, 0.1) is 6.92 Å². The Morgan fingerprint density at radius 2 is 2.08 bits per heavy atom. The third-order valence-corrected chi connectivity index (χ3v) is 5.04. The average molecular weight is 378 g/mol. The third-order valence-electron chi connectivity index (χ3n) is 3.48. The standard InChI is InChI=1S/C14H9Cl2N7S/c1-7-9(13-19-21-22-20-13)5-17-23(7)14-18-12(6-24-14)8-2-3-10(15)11(16)4-8/h2-6H,1H3,(H,19,20,21,22). The van der Waals surface area contributed by atoms with Gasteiger partial charge in [0.25, 0.3) is 0 Å². The Morgan fingerprint density at radius 1 is 1.21 bits per heavy atom. The van der Waals surface area contributed by atoms with Crippen molar-refractivity contribution in [2.75, 3.05) is 0 Å². The molecule has 0 saturated carbocycles. The molecule has 1 aromatic carbocycles. The molecule has 3 heterocycles. The highest BCUT2D eigenvalue weighted by Gasteiger charge is 2.16. The molecule has 0 aliphatic heterocycles. The number of tetrazole rings is 1. The summed E-state index contributed by atoms with van der Waals surface area (Å²) in [5, 5.41) is 22.0. The van der Waals surface area contributed by atoms with Gasteiger partial charge in [0.2, 0.25) is 11.0 Å². The summed E-state index contributed by atoms with van der Waals surface area (Å²) in [6.45, 7) is 1.93. The Hall–Kier alpha value is -2.29. The lowest BCUT2D eigenvalue weighted by Crippen LogP contribution is -1.98. The van der Waals surface area contributed by atoms with E-state index in [0.29, 0.717) is 15.9 Å². The predicted octanol–water partition coefficient (Wildman–Crippen LogP) is 3.79. The Morgan fingerprint density at radius 3 is 2.83 bits per heavy atom. The number of nitrogens with one attached hydrogen (secondary N) is 1. The van der Waals surface area contributed by atoms with E-state index in [9.17, 15) is 0 Å². The second-order valence-electron chi connectivity index (χ2n) is 4.94. The number of rotatable bonds is 3. The summed E-state index contributed by atoms with van der Waals surface area (Å²) in [5.74, 6) is 0.500. The lowest BCUT2D eigenvalue weighted by Gasteiger charge is -2.01. The fourth-order valence-corrected chi connectivity index (χ4v) is 3.39. The van der Waals surface area contributed by atoms with Crippen molar-refractivity contribution in [3.63, 3.8) is 0 Å². The van der Waals surface area contributed by atoms with Crippen molar-refractivity contribution >= 4 is 34.5 Å². The van der Waals surface area contributed by atoms with Crippen LogP contribution in [0.5, 0.6) is 0 Å². The number of thiazole rings is 1. The van der Waals surface area contributed by atoms with Gasteiger partial charge in [-0.25, -0.2) is 9.67 Å². The fraction of sp³-hybridized carbons (Fsp3) is 0.0714. The van der Waals surface area contributed by atoms with E-state index in [-0.39, 0.29) is 0 Å². The van der Waals surface area contributed by atoms with E-state index in [1.54, 1.807) is 23.0 Å². The van der Waals surface area contributed by atoms with Gasteiger partial charge >= 0.3 is 0 Å². The number of aromatic nitrogens is 7. The van der Waals surface area contributed by atoms with Crippen LogP contribution >= 0.6 is 34.5 Å². The van der Waals surface area contributed by atoms with Crippen molar-refractivity contribution in [2.45, 2.75) is 6.92 Å². The molecule has 3 aromatic heterocycles. The predicted molar refractivity (Wildman–Crippen MR) is 92.6 cm³/mol. The van der Waals surface area contributed by atoms with Crippen LogP contribution in [-0.2, 0) is 0 Å². The molecule has 0 atom stereocenters. The van der Waals surface area contributed by atoms with E-state index in [4.69, 9.17) is 23.2 Å². The van der Waals surface area contributed by atoms with Gasteiger partial charge in [-0.3, -0.25) is 0 Å². The molecule has 0 bridgehead atoms. The second-order valence-corrected chi connectivity index (χ2v) is 6.59. The zero-order valence-electron chi connectivity index (χ0n) is 12.2. The summed E-state index contributed by atoms with van der Waals surface area (Å²) in [6, 6.07) is 5.43. The first-order valence-corrected chi connectivity index (χ1v) is 8.47. The van der Waals surface area contributed by atoms with Crippen LogP contribution in [-0.4, -0.2) is 35.4 Å². The molecular formula is C14H9Cl2N7S. The van der Waals surface area contributed by atoms with Crippen LogP contribution in [0.15, 0.2) is 29.8 Å². The summed E-state index contributed by atoms with van der Waals surface area (Å²) in [6.07, 6.45) is 1.69. The molecule has 0 unspecified atom stereocenters. The molecule has 10 heteroatoms. The molecule has 120 valence electrons. The SMILES string of the molecule is Cc1c(-c2nn[nH]n2)cnn1-c1nc(-c2ccc(Cl)c(Cl)c2)cs1. The van der Waals surface area contributed by atoms with E-state index < -0.39 is 0 Å². The zero-order chi connectivity index (χ0) is 16.7. The Kier molecular flexibility index (Phi) is 3.79. The minimum atomic E-state index is 0.498. The molecule has 24 heavy (non-hydrogen) atoms. The summed E-state index contributed by atoms with van der Waals surface area (Å²) >= 11 is 13.5. The first kappa shape index (κ1) is 15.3. The molecule has 0 aliphatic carbocycles. The highest BCUT2D eigenvalue weighted by Crippen LogP contribution is 2.31. The van der Waals surface area contributed by atoms with Gasteiger partial charge in [-0.2, -0.15) is 10.3 Å². The molecule has 7 nitrogen and oxygen atoms in total. The Labute approximate surface area is 150 Å². The topological polar surface area (TPSA) is 85.2 Å². The van der Waals surface area contributed by atoms with E-state index in [0.717, 1.165) is 27.6 Å². The third kappa shape index (κ3) is 2.58. The van der Waals surface area contributed by atoms with Crippen molar-refractivity contribution < 1.29 is 0 Å². The van der Waals surface area contributed by atoms with Crippen LogP contribution in [0.25, 0.3) is 27.8 Å². The average Bonchev–Trinajstić information content (AvgIpc) is 3.29. The van der Waals surface area contributed by atoms with Crippen LogP contribution in [0.4, 0.5) is 0 Å². The number of hydrogen-bond donors (Lipinski definition) is 1. The molecule has 0 fully saturated rings. The molecule has 4 aromatic rings. The van der Waals surface area contributed by atoms with Crippen molar-refractivity contribution in [1.29, 1.82) is 0 Å². The molecule has 0 saturated heterocycles. The van der Waals surface area contributed by atoms with Gasteiger partial charge in [-0.1, -0.05) is 29.3 Å². The van der Waals surface area contributed by atoms with Gasteiger partial charge in [0, 0.05) is 10.9 Å². The smallest absolute Gasteiger partial charge is 0.211 e. The van der Waals surface area contributed by atoms with Crippen molar-refractivity contribution in [1.82, 2.24) is 35.4 Å². The van der Waals surface area contributed by atoms with Crippen molar-refractivity contribution in [3.8, 4) is 27.8 Å². The van der Waals surface area contributed by atoms with Gasteiger partial charge in [0.1, 0.15) is 0 Å². The van der Waals surface area contributed by atoms with Crippen LogP contribution in [0.3, 0.4) is 0 Å². The van der Waals surface area contributed by atoms with Crippen LogP contribution in [0.1, 0.15) is 5.69 Å². The largest absolute Gasteiger partial charge is 0.218 e. The van der Waals surface area contributed by atoms with Crippen LogP contribution < -0.4 is 0 Å². The number of aromatic amines is 1. The summed E-state index contributed by atoms with van der Waals surface area (Å²) in [7, 11) is 0. The van der Waals surface area contributed by atoms with Gasteiger partial charge < -0.3 is 0 Å². The first-order valence-electron chi connectivity index (χ1n) is 6.83. The van der Waals surface area contributed by atoms with E-state index in [1.165, 1.54) is 11.3 Å². The fourth-order valence-electron chi connectivity index (χ4n) is 2.25. The molecule has 0 radical (unpaired) electrons. The molecule has 0 spiro atoms. The number of halogens is 2. The maximum atomic E-state index is 6.08. The monoisotopic (exact) mass is 377 g/mol. The second kappa shape index (κ2) is 5.97. The number of nitrogens with zero attached hydrogens (tertiary/aromatic N) is 6. The first-order chi connectivity index (χ1) is 11.6. The van der Waals surface area contributed by atoms with Gasteiger partial charge in [-0.05, 0) is 24.3 Å². The normalized spacial score (nSPS) is 11.1. The maximum absolute atomic E-state index is 6.08. The van der Waals surface area contributed by atoms with E-state index >= 15 is 0 Å². The van der Waals surface area contributed by atoms with Crippen molar-refractivity contribution in [2.24, 2.45) is 0 Å². The zero-order valence-corrected chi connectivity index (χ0v) is 14.6. The molecular weight excluding hydrogens is 369 g/mol. The Bertz CT molecular complexity index is 1010. The summed E-state index contributed by atoms with van der Waals surface area (Å²) in [4.78, 5) is 4.63. The molecule has 1 N–H and O–H groups in total. The van der Waals surface area contributed by atoms with Crippen molar-refractivity contribution in [3.05, 3.63) is 45.5 Å². The summed E-state index contributed by atoms with van der Waals surface area (Å²) in [5.41, 5.74) is 3.39. The van der Waals surface area contributed by atoms with Gasteiger partial charge in [-0.15, -0.1) is 21.5 Å². The highest BCUT2D eigenvalue weighted by atomic mass is 35.5. The lowest BCUT2D eigenvalue weighted by molar-refractivity contribution is 0.838. The number of benzene rings is 1. The lowest BCUT2D eigenvalue weighted by atomic mass is 10.2. The quantitative estimate of drug-likeness (QED) is 0.586. The number of H-pyrrole nitrogens is 1. The maximum Gasteiger partial charge on any atom is 0.211 e. The highest BCUT2D eigenvalue weighted by molar-refractivity contribution is 7.12. The van der Waals surface area contributed by atoms with Crippen LogP contribution in [0.2, 0.25) is 10.0 Å². The van der Waals surface area contributed by atoms with E-state index in [1.807, 2.05) is 18.4 Å². The molecule has 0 aliphatic rings. The van der Waals surface area contributed by atoms with Gasteiger partial charge in [0.05, 0.1) is 33.2 Å². The minimum Gasteiger partial charge on any atom is -0.218 e. The summed E-state index contributed by atoms with van der Waals surface area (Å²) < 4.78 is 1.75. The van der Waals surface area contributed by atoms with Gasteiger partial charge in [0.15, 0.2) is 0 Å².